The molecule has 1 unspecified atom stereocenters. The molecule has 0 aromatic carbocycles. The molecule has 1 atom stereocenters. The molecule has 1 N–H and O–H groups in total. The summed E-state index contributed by atoms with van der Waals surface area (Å²) in [6, 6.07) is 0.599. The maximum Gasteiger partial charge on any atom is 0.311 e. The number of piperidine rings is 1. The molecular weight excluding hydrogens is 202 g/mol. The SMILES string of the molecule is CCOC(=O)C(C)(C)CCC1CCCCN1. The highest BCUT2D eigenvalue weighted by atomic mass is 16.5. The number of hydrogen-bond donors (Lipinski definition) is 1. The third kappa shape index (κ3) is 4.12. The van der Waals surface area contributed by atoms with Crippen molar-refractivity contribution in [2.75, 3.05) is 13.2 Å². The van der Waals surface area contributed by atoms with Crippen molar-refractivity contribution in [3.63, 3.8) is 0 Å². The zero-order chi connectivity index (χ0) is 12.0. The summed E-state index contributed by atoms with van der Waals surface area (Å²) < 4.78 is 5.09. The third-order valence-electron chi connectivity index (χ3n) is 3.36. The summed E-state index contributed by atoms with van der Waals surface area (Å²) in [7, 11) is 0. The Morgan fingerprint density at radius 3 is 2.75 bits per heavy atom. The highest BCUT2D eigenvalue weighted by Gasteiger charge is 2.29. The molecule has 1 saturated heterocycles. The van der Waals surface area contributed by atoms with Crippen LogP contribution in [0.2, 0.25) is 0 Å². The highest BCUT2D eigenvalue weighted by molar-refractivity contribution is 5.75. The normalized spacial score (nSPS) is 21.8. The molecule has 94 valence electrons. The molecule has 0 aliphatic carbocycles. The fourth-order valence-corrected chi connectivity index (χ4v) is 2.13. The lowest BCUT2D eigenvalue weighted by atomic mass is 9.85. The molecule has 0 bridgehead atoms. The zero-order valence-electron chi connectivity index (χ0n) is 10.8. The Morgan fingerprint density at radius 1 is 1.44 bits per heavy atom. The minimum atomic E-state index is -0.338. The number of esters is 1. The average Bonchev–Trinajstić information content (AvgIpc) is 2.28. The topological polar surface area (TPSA) is 38.3 Å². The van der Waals surface area contributed by atoms with E-state index in [9.17, 15) is 4.79 Å². The summed E-state index contributed by atoms with van der Waals surface area (Å²) in [5.41, 5.74) is -0.338. The van der Waals surface area contributed by atoms with Gasteiger partial charge in [0, 0.05) is 6.04 Å². The second-order valence-electron chi connectivity index (χ2n) is 5.29. The van der Waals surface area contributed by atoms with Gasteiger partial charge in [-0.1, -0.05) is 6.42 Å². The molecule has 0 aromatic heterocycles. The van der Waals surface area contributed by atoms with Crippen LogP contribution >= 0.6 is 0 Å². The molecular formula is C13H25NO2. The number of carbonyl (C=O) groups excluding carboxylic acids is 1. The van der Waals surface area contributed by atoms with Crippen molar-refractivity contribution in [2.45, 2.75) is 58.9 Å². The van der Waals surface area contributed by atoms with Crippen LogP contribution in [0, 0.1) is 5.41 Å². The van der Waals surface area contributed by atoms with Crippen molar-refractivity contribution >= 4 is 5.97 Å². The molecule has 1 aliphatic heterocycles. The van der Waals surface area contributed by atoms with Gasteiger partial charge in [-0.05, 0) is 53.0 Å². The van der Waals surface area contributed by atoms with Crippen LogP contribution in [0.1, 0.15) is 52.9 Å². The van der Waals surface area contributed by atoms with Crippen molar-refractivity contribution in [1.82, 2.24) is 5.32 Å². The van der Waals surface area contributed by atoms with E-state index in [-0.39, 0.29) is 11.4 Å². The Balaban J connectivity index is 2.31. The van der Waals surface area contributed by atoms with Crippen LogP contribution in [0.15, 0.2) is 0 Å². The summed E-state index contributed by atoms with van der Waals surface area (Å²) in [4.78, 5) is 11.7. The maximum atomic E-state index is 11.7. The van der Waals surface area contributed by atoms with Gasteiger partial charge in [0.2, 0.25) is 0 Å². The van der Waals surface area contributed by atoms with Crippen LogP contribution in [-0.4, -0.2) is 25.2 Å². The summed E-state index contributed by atoms with van der Waals surface area (Å²) >= 11 is 0. The summed E-state index contributed by atoms with van der Waals surface area (Å²) in [6.07, 6.45) is 5.84. The zero-order valence-corrected chi connectivity index (χ0v) is 10.8. The smallest absolute Gasteiger partial charge is 0.311 e. The largest absolute Gasteiger partial charge is 0.466 e. The number of ether oxygens (including phenoxy) is 1. The Kier molecular flexibility index (Phi) is 5.26. The highest BCUT2D eigenvalue weighted by Crippen LogP contribution is 2.26. The first-order valence-electron chi connectivity index (χ1n) is 6.47. The van der Waals surface area contributed by atoms with E-state index >= 15 is 0 Å². The molecule has 16 heavy (non-hydrogen) atoms. The van der Waals surface area contributed by atoms with Crippen LogP contribution in [-0.2, 0) is 9.53 Å². The van der Waals surface area contributed by atoms with Crippen LogP contribution in [0.25, 0.3) is 0 Å². The molecule has 3 heteroatoms. The van der Waals surface area contributed by atoms with Gasteiger partial charge in [-0.25, -0.2) is 0 Å². The molecule has 0 amide bonds. The van der Waals surface area contributed by atoms with E-state index in [1.165, 1.54) is 19.3 Å². The van der Waals surface area contributed by atoms with Gasteiger partial charge >= 0.3 is 5.97 Å². The minimum absolute atomic E-state index is 0.0641. The monoisotopic (exact) mass is 227 g/mol. The molecule has 1 rings (SSSR count). The summed E-state index contributed by atoms with van der Waals surface area (Å²) in [5, 5.41) is 3.51. The Bertz CT molecular complexity index is 220. The van der Waals surface area contributed by atoms with Crippen LogP contribution in [0.3, 0.4) is 0 Å². The van der Waals surface area contributed by atoms with Gasteiger partial charge in [-0.15, -0.1) is 0 Å². The first-order chi connectivity index (χ1) is 7.56. The van der Waals surface area contributed by atoms with Gasteiger partial charge in [-0.3, -0.25) is 4.79 Å². The van der Waals surface area contributed by atoms with E-state index < -0.39 is 0 Å². The lowest BCUT2D eigenvalue weighted by Gasteiger charge is -2.28. The third-order valence-corrected chi connectivity index (χ3v) is 3.36. The fraction of sp³-hybridized carbons (Fsp3) is 0.923. The molecule has 0 aromatic rings. The van der Waals surface area contributed by atoms with E-state index in [1.807, 2.05) is 20.8 Å². The molecule has 0 saturated carbocycles. The van der Waals surface area contributed by atoms with E-state index in [4.69, 9.17) is 4.74 Å². The second-order valence-corrected chi connectivity index (χ2v) is 5.29. The summed E-state index contributed by atoms with van der Waals surface area (Å²) in [5.74, 6) is -0.0641. The number of nitrogens with one attached hydrogen (secondary N) is 1. The van der Waals surface area contributed by atoms with Crippen molar-refractivity contribution in [3.05, 3.63) is 0 Å². The molecule has 1 heterocycles. The van der Waals surface area contributed by atoms with Crippen LogP contribution < -0.4 is 5.32 Å². The Morgan fingerprint density at radius 2 is 2.19 bits per heavy atom. The van der Waals surface area contributed by atoms with E-state index in [1.54, 1.807) is 0 Å². The van der Waals surface area contributed by atoms with Gasteiger partial charge in [-0.2, -0.15) is 0 Å². The molecule has 1 aliphatic rings. The first-order valence-corrected chi connectivity index (χ1v) is 6.47. The van der Waals surface area contributed by atoms with Crippen molar-refractivity contribution in [2.24, 2.45) is 5.41 Å². The lowest BCUT2D eigenvalue weighted by Crippen LogP contribution is -2.36. The molecule has 0 radical (unpaired) electrons. The molecule has 0 spiro atoms. The van der Waals surface area contributed by atoms with Crippen molar-refractivity contribution in [1.29, 1.82) is 0 Å². The number of hydrogen-bond acceptors (Lipinski definition) is 3. The molecule has 1 fully saturated rings. The predicted octanol–water partition coefficient (Wildman–Crippen LogP) is 2.50. The maximum absolute atomic E-state index is 11.7. The van der Waals surface area contributed by atoms with Gasteiger partial charge < -0.3 is 10.1 Å². The Labute approximate surface area is 98.9 Å². The van der Waals surface area contributed by atoms with Gasteiger partial charge in [0.05, 0.1) is 12.0 Å². The quantitative estimate of drug-likeness (QED) is 0.733. The Hall–Kier alpha value is -0.570. The van der Waals surface area contributed by atoms with Gasteiger partial charge in [0.15, 0.2) is 0 Å². The first kappa shape index (κ1) is 13.5. The van der Waals surface area contributed by atoms with Gasteiger partial charge in [0.25, 0.3) is 0 Å². The van der Waals surface area contributed by atoms with E-state index in [0.29, 0.717) is 12.6 Å². The van der Waals surface area contributed by atoms with Crippen LogP contribution in [0.5, 0.6) is 0 Å². The van der Waals surface area contributed by atoms with Gasteiger partial charge in [0.1, 0.15) is 0 Å². The predicted molar refractivity (Wildman–Crippen MR) is 65.3 cm³/mol. The van der Waals surface area contributed by atoms with E-state index in [2.05, 4.69) is 5.32 Å². The van der Waals surface area contributed by atoms with Crippen molar-refractivity contribution in [3.8, 4) is 0 Å². The standard InChI is InChI=1S/C13H25NO2/c1-4-16-12(15)13(2,3)9-8-11-7-5-6-10-14-11/h11,14H,4-10H2,1-3H3. The second kappa shape index (κ2) is 6.24. The summed E-state index contributed by atoms with van der Waals surface area (Å²) in [6.45, 7) is 7.42. The van der Waals surface area contributed by atoms with E-state index in [0.717, 1.165) is 19.4 Å². The number of carbonyl (C=O) groups is 1. The van der Waals surface area contributed by atoms with Crippen LogP contribution in [0.4, 0.5) is 0 Å². The minimum Gasteiger partial charge on any atom is -0.466 e. The van der Waals surface area contributed by atoms with Crippen molar-refractivity contribution < 1.29 is 9.53 Å². The lowest BCUT2D eigenvalue weighted by molar-refractivity contribution is -0.153. The molecule has 3 nitrogen and oxygen atoms in total. The average molecular weight is 227 g/mol. The number of rotatable bonds is 5. The fourth-order valence-electron chi connectivity index (χ4n) is 2.13.